The summed E-state index contributed by atoms with van der Waals surface area (Å²) in [5.74, 6) is 0.848. The molecule has 7 nitrogen and oxygen atoms in total. The van der Waals surface area contributed by atoms with Crippen LogP contribution >= 0.6 is 0 Å². The van der Waals surface area contributed by atoms with Crippen LogP contribution < -0.4 is 5.43 Å². The van der Waals surface area contributed by atoms with Crippen LogP contribution in [0, 0.1) is 0 Å². The molecule has 0 spiro atoms. The first-order valence-electron chi connectivity index (χ1n) is 7.41. The second-order valence-corrected chi connectivity index (χ2v) is 5.35. The van der Waals surface area contributed by atoms with Gasteiger partial charge in [0.05, 0.1) is 5.71 Å². The summed E-state index contributed by atoms with van der Waals surface area (Å²) in [5.41, 5.74) is 5.42. The number of phenols is 1. The molecule has 4 rings (SSSR count). The number of fused-ring (bicyclic) bond motifs is 3. The summed E-state index contributed by atoms with van der Waals surface area (Å²) in [6, 6.07) is 14.7. The van der Waals surface area contributed by atoms with Gasteiger partial charge < -0.3 is 5.11 Å². The van der Waals surface area contributed by atoms with Crippen molar-refractivity contribution in [2.45, 2.75) is 6.92 Å². The van der Waals surface area contributed by atoms with Gasteiger partial charge in [-0.1, -0.05) is 24.3 Å². The van der Waals surface area contributed by atoms with Crippen molar-refractivity contribution in [3.8, 4) is 5.75 Å². The lowest BCUT2D eigenvalue weighted by Gasteiger charge is -2.07. The van der Waals surface area contributed by atoms with Gasteiger partial charge in [-0.3, -0.25) is 5.43 Å². The molecular weight excluding hydrogens is 304 g/mol. The molecule has 24 heavy (non-hydrogen) atoms. The summed E-state index contributed by atoms with van der Waals surface area (Å²) in [6.07, 6.45) is 1.56. The molecule has 0 aliphatic carbocycles. The van der Waals surface area contributed by atoms with Crippen LogP contribution in [0.25, 0.3) is 16.4 Å². The lowest BCUT2D eigenvalue weighted by molar-refractivity contribution is 0.475. The van der Waals surface area contributed by atoms with Gasteiger partial charge in [0.2, 0.25) is 0 Å². The van der Waals surface area contributed by atoms with Gasteiger partial charge in [-0.05, 0) is 36.8 Å². The molecule has 2 heterocycles. The minimum atomic E-state index is 0.227. The van der Waals surface area contributed by atoms with E-state index < -0.39 is 0 Å². The van der Waals surface area contributed by atoms with Gasteiger partial charge >= 0.3 is 0 Å². The Hall–Kier alpha value is -3.48. The largest absolute Gasteiger partial charge is 0.508 e. The molecule has 4 aromatic rings. The fourth-order valence-electron chi connectivity index (χ4n) is 2.51. The minimum Gasteiger partial charge on any atom is -0.508 e. The predicted molar refractivity (Wildman–Crippen MR) is 92.2 cm³/mol. The van der Waals surface area contributed by atoms with E-state index >= 15 is 0 Å². The maximum atomic E-state index is 9.36. The first-order chi connectivity index (χ1) is 11.7. The molecule has 2 N–H and O–H groups in total. The first kappa shape index (κ1) is 14.1. The normalized spacial score (nSPS) is 12.0. The van der Waals surface area contributed by atoms with Gasteiger partial charge in [-0.15, -0.1) is 15.3 Å². The van der Waals surface area contributed by atoms with Crippen molar-refractivity contribution in [3.05, 3.63) is 60.4 Å². The zero-order valence-electron chi connectivity index (χ0n) is 12.9. The van der Waals surface area contributed by atoms with Crippen LogP contribution in [-0.2, 0) is 0 Å². The number of anilines is 1. The molecule has 0 radical (unpaired) electrons. The fraction of sp³-hybridized carbons (Fsp3) is 0.0588. The number of hydrogen-bond acceptors (Lipinski definition) is 6. The van der Waals surface area contributed by atoms with E-state index in [1.165, 1.54) is 0 Å². The summed E-state index contributed by atoms with van der Waals surface area (Å²) >= 11 is 0. The maximum Gasteiger partial charge on any atom is 0.185 e. The maximum absolute atomic E-state index is 9.36. The van der Waals surface area contributed by atoms with Crippen molar-refractivity contribution >= 4 is 27.9 Å². The van der Waals surface area contributed by atoms with Crippen molar-refractivity contribution in [2.75, 3.05) is 5.43 Å². The standard InChI is InChI=1S/C17H14N6O/c1-11(12-6-8-13(24)9-7-12)19-20-16-14-4-2-3-5-15(14)17-21-18-10-23(17)22-16/h2-10,24H,1H3,(H,20,22)/b19-11+. The molecule has 0 bridgehead atoms. The summed E-state index contributed by atoms with van der Waals surface area (Å²) < 4.78 is 1.62. The van der Waals surface area contributed by atoms with Crippen molar-refractivity contribution in [1.29, 1.82) is 0 Å². The van der Waals surface area contributed by atoms with Gasteiger partial charge in [0.15, 0.2) is 11.5 Å². The third kappa shape index (κ3) is 2.41. The Morgan fingerprint density at radius 1 is 1.08 bits per heavy atom. The van der Waals surface area contributed by atoms with Gasteiger partial charge in [0.25, 0.3) is 0 Å². The van der Waals surface area contributed by atoms with E-state index in [9.17, 15) is 5.11 Å². The molecule has 2 aromatic heterocycles. The lowest BCUT2D eigenvalue weighted by atomic mass is 10.1. The van der Waals surface area contributed by atoms with Crippen LogP contribution in [0.1, 0.15) is 12.5 Å². The SMILES string of the molecule is C/C(=N\Nc1nn2cnnc2c2ccccc12)c1ccc(O)cc1. The van der Waals surface area contributed by atoms with Crippen LogP contribution in [0.3, 0.4) is 0 Å². The smallest absolute Gasteiger partial charge is 0.185 e. The van der Waals surface area contributed by atoms with Crippen molar-refractivity contribution in [3.63, 3.8) is 0 Å². The highest BCUT2D eigenvalue weighted by Crippen LogP contribution is 2.24. The Morgan fingerprint density at radius 2 is 1.83 bits per heavy atom. The third-order valence-electron chi connectivity index (χ3n) is 3.78. The van der Waals surface area contributed by atoms with Gasteiger partial charge in [0.1, 0.15) is 12.1 Å². The van der Waals surface area contributed by atoms with E-state index in [0.717, 1.165) is 22.0 Å². The Morgan fingerprint density at radius 3 is 2.62 bits per heavy atom. The van der Waals surface area contributed by atoms with Crippen LogP contribution in [-0.4, -0.2) is 30.6 Å². The molecular formula is C17H14N6O. The molecule has 2 aromatic carbocycles. The number of aromatic hydroxyl groups is 1. The number of hydrazone groups is 1. The molecule has 0 saturated heterocycles. The summed E-state index contributed by atoms with van der Waals surface area (Å²) in [5, 5.41) is 28.1. The minimum absolute atomic E-state index is 0.227. The number of nitrogens with zero attached hydrogens (tertiary/aromatic N) is 5. The molecule has 0 unspecified atom stereocenters. The molecule has 0 atom stereocenters. The van der Waals surface area contributed by atoms with Crippen LogP contribution in [0.2, 0.25) is 0 Å². The van der Waals surface area contributed by atoms with E-state index in [0.29, 0.717) is 11.5 Å². The highest BCUT2D eigenvalue weighted by molar-refractivity contribution is 6.01. The molecule has 0 amide bonds. The van der Waals surface area contributed by atoms with E-state index in [4.69, 9.17) is 0 Å². The monoisotopic (exact) mass is 318 g/mol. The second kappa shape index (κ2) is 5.62. The number of rotatable bonds is 3. The first-order valence-corrected chi connectivity index (χ1v) is 7.41. The van der Waals surface area contributed by atoms with Gasteiger partial charge in [-0.25, -0.2) is 0 Å². The summed E-state index contributed by atoms with van der Waals surface area (Å²) in [6.45, 7) is 1.89. The molecule has 0 saturated carbocycles. The van der Waals surface area contributed by atoms with Crippen molar-refractivity contribution < 1.29 is 5.11 Å². The van der Waals surface area contributed by atoms with Crippen LogP contribution in [0.4, 0.5) is 5.82 Å². The number of hydrogen-bond donors (Lipinski definition) is 2. The van der Waals surface area contributed by atoms with Crippen LogP contribution in [0.15, 0.2) is 60.0 Å². The zero-order chi connectivity index (χ0) is 16.5. The zero-order valence-corrected chi connectivity index (χ0v) is 12.9. The van der Waals surface area contributed by atoms with E-state index in [2.05, 4.69) is 25.8 Å². The molecule has 7 heteroatoms. The van der Waals surface area contributed by atoms with Crippen LogP contribution in [0.5, 0.6) is 5.75 Å². The number of nitrogens with one attached hydrogen (secondary N) is 1. The van der Waals surface area contributed by atoms with Gasteiger partial charge in [0, 0.05) is 10.8 Å². The third-order valence-corrected chi connectivity index (χ3v) is 3.78. The quantitative estimate of drug-likeness (QED) is 0.448. The molecule has 0 aliphatic rings. The van der Waals surface area contributed by atoms with Gasteiger partial charge in [-0.2, -0.15) is 9.62 Å². The Balaban J connectivity index is 1.75. The van der Waals surface area contributed by atoms with E-state index in [-0.39, 0.29) is 5.75 Å². The Labute approximate surface area is 137 Å². The fourth-order valence-corrected chi connectivity index (χ4v) is 2.51. The predicted octanol–water partition coefficient (Wildman–Crippen LogP) is 2.82. The molecule has 118 valence electrons. The Bertz CT molecular complexity index is 1050. The summed E-state index contributed by atoms with van der Waals surface area (Å²) in [4.78, 5) is 0. The van der Waals surface area contributed by atoms with Crippen molar-refractivity contribution in [2.24, 2.45) is 5.10 Å². The average molecular weight is 318 g/mol. The topological polar surface area (TPSA) is 87.7 Å². The van der Waals surface area contributed by atoms with Crippen molar-refractivity contribution in [1.82, 2.24) is 19.8 Å². The Kier molecular flexibility index (Phi) is 3.31. The van der Waals surface area contributed by atoms with E-state index in [1.807, 2.05) is 43.3 Å². The molecule has 0 fully saturated rings. The second-order valence-electron chi connectivity index (χ2n) is 5.35. The highest BCUT2D eigenvalue weighted by Gasteiger charge is 2.09. The van der Waals surface area contributed by atoms with E-state index in [1.54, 1.807) is 23.0 Å². The number of phenolic OH excluding ortho intramolecular Hbond substituents is 1. The lowest BCUT2D eigenvalue weighted by Crippen LogP contribution is -2.03. The summed E-state index contributed by atoms with van der Waals surface area (Å²) in [7, 11) is 0. The number of aromatic nitrogens is 4. The average Bonchev–Trinajstić information content (AvgIpc) is 3.08. The number of benzene rings is 2. The molecule has 0 aliphatic heterocycles. The highest BCUT2D eigenvalue weighted by atomic mass is 16.3.